The Kier molecular flexibility index (Phi) is 3.74. The Labute approximate surface area is 141 Å². The third-order valence-corrected chi connectivity index (χ3v) is 3.94. The standard InChI is InChI=1S/C18H14N4O3/c23-17-13-8-4-5-9-14(13)19-18(24)22(17)11-10-15-20-16(21-25-15)12-6-2-1-3-7-12/h1-9H,10-11H2,(H,19,24). The summed E-state index contributed by atoms with van der Waals surface area (Å²) in [6, 6.07) is 16.4. The fourth-order valence-corrected chi connectivity index (χ4v) is 2.67. The van der Waals surface area contributed by atoms with Gasteiger partial charge in [-0.05, 0) is 12.1 Å². The molecular weight excluding hydrogens is 320 g/mol. The predicted molar refractivity (Wildman–Crippen MR) is 92.3 cm³/mol. The number of hydrogen-bond acceptors (Lipinski definition) is 5. The zero-order valence-electron chi connectivity index (χ0n) is 13.2. The maximum Gasteiger partial charge on any atom is 0.328 e. The van der Waals surface area contributed by atoms with E-state index in [9.17, 15) is 9.59 Å². The van der Waals surface area contributed by atoms with E-state index < -0.39 is 5.69 Å². The van der Waals surface area contributed by atoms with Crippen molar-refractivity contribution in [3.05, 3.63) is 81.3 Å². The van der Waals surface area contributed by atoms with Gasteiger partial charge in [-0.25, -0.2) is 4.79 Å². The first kappa shape index (κ1) is 15.1. The summed E-state index contributed by atoms with van der Waals surface area (Å²) in [5.74, 6) is 0.855. The van der Waals surface area contributed by atoms with Gasteiger partial charge in [-0.3, -0.25) is 9.36 Å². The van der Waals surface area contributed by atoms with Gasteiger partial charge in [0, 0.05) is 18.5 Å². The number of nitrogens with zero attached hydrogens (tertiary/aromatic N) is 3. The molecule has 0 radical (unpaired) electrons. The smallest absolute Gasteiger partial charge is 0.328 e. The van der Waals surface area contributed by atoms with E-state index in [0.29, 0.717) is 29.0 Å². The van der Waals surface area contributed by atoms with Crippen molar-refractivity contribution < 1.29 is 4.52 Å². The maximum absolute atomic E-state index is 12.5. The summed E-state index contributed by atoms with van der Waals surface area (Å²) in [5, 5.41) is 4.40. The third kappa shape index (κ3) is 2.87. The van der Waals surface area contributed by atoms with Crippen molar-refractivity contribution in [2.24, 2.45) is 0 Å². The van der Waals surface area contributed by atoms with Gasteiger partial charge >= 0.3 is 5.69 Å². The lowest BCUT2D eigenvalue weighted by molar-refractivity contribution is 0.370. The number of hydrogen-bond donors (Lipinski definition) is 1. The summed E-state index contributed by atoms with van der Waals surface area (Å²) in [5.41, 5.74) is 0.588. The molecule has 0 saturated heterocycles. The van der Waals surface area contributed by atoms with Crippen LogP contribution in [0.25, 0.3) is 22.3 Å². The lowest BCUT2D eigenvalue weighted by Gasteiger charge is -2.04. The maximum atomic E-state index is 12.5. The summed E-state index contributed by atoms with van der Waals surface area (Å²) in [4.78, 5) is 31.6. The summed E-state index contributed by atoms with van der Waals surface area (Å²) in [6.07, 6.45) is 0.293. The number of benzene rings is 2. The molecule has 0 aliphatic carbocycles. The van der Waals surface area contributed by atoms with Gasteiger partial charge < -0.3 is 9.51 Å². The molecule has 0 saturated carbocycles. The molecule has 7 nitrogen and oxygen atoms in total. The quantitative estimate of drug-likeness (QED) is 0.616. The van der Waals surface area contributed by atoms with Gasteiger partial charge in [0.05, 0.1) is 10.9 Å². The van der Waals surface area contributed by atoms with Crippen LogP contribution < -0.4 is 11.2 Å². The predicted octanol–water partition coefficient (Wildman–Crippen LogP) is 1.98. The van der Waals surface area contributed by atoms with Crippen LogP contribution in [0.1, 0.15) is 5.89 Å². The molecule has 1 N–H and O–H groups in total. The Bertz CT molecular complexity index is 1140. The zero-order valence-corrected chi connectivity index (χ0v) is 13.2. The van der Waals surface area contributed by atoms with Crippen molar-refractivity contribution in [2.45, 2.75) is 13.0 Å². The highest BCUT2D eigenvalue weighted by Crippen LogP contribution is 2.15. The van der Waals surface area contributed by atoms with E-state index in [4.69, 9.17) is 4.52 Å². The number of rotatable bonds is 4. The molecule has 2 heterocycles. The first-order chi connectivity index (χ1) is 12.2. The van der Waals surface area contributed by atoms with E-state index in [1.165, 1.54) is 0 Å². The van der Waals surface area contributed by atoms with Crippen LogP contribution in [-0.4, -0.2) is 19.7 Å². The Morgan fingerprint density at radius 2 is 1.76 bits per heavy atom. The molecule has 0 bridgehead atoms. The minimum Gasteiger partial charge on any atom is -0.339 e. The zero-order chi connectivity index (χ0) is 17.2. The monoisotopic (exact) mass is 334 g/mol. The topological polar surface area (TPSA) is 93.8 Å². The van der Waals surface area contributed by atoms with Crippen LogP contribution in [0, 0.1) is 0 Å². The number of para-hydroxylation sites is 1. The molecule has 0 aliphatic heterocycles. The molecular formula is C18H14N4O3. The summed E-state index contributed by atoms with van der Waals surface area (Å²) >= 11 is 0. The van der Waals surface area contributed by atoms with E-state index in [1.807, 2.05) is 30.3 Å². The molecule has 0 spiro atoms. The molecule has 2 aromatic carbocycles. The highest BCUT2D eigenvalue weighted by Gasteiger charge is 2.11. The molecule has 25 heavy (non-hydrogen) atoms. The van der Waals surface area contributed by atoms with E-state index >= 15 is 0 Å². The summed E-state index contributed by atoms with van der Waals surface area (Å²) in [6.45, 7) is 0.162. The second kappa shape index (κ2) is 6.20. The van der Waals surface area contributed by atoms with Crippen molar-refractivity contribution >= 4 is 10.9 Å². The average Bonchev–Trinajstić information content (AvgIpc) is 3.11. The average molecular weight is 334 g/mol. The second-order valence-corrected chi connectivity index (χ2v) is 5.56. The largest absolute Gasteiger partial charge is 0.339 e. The second-order valence-electron chi connectivity index (χ2n) is 5.56. The van der Waals surface area contributed by atoms with Crippen LogP contribution in [0.3, 0.4) is 0 Å². The molecule has 0 fully saturated rings. The van der Waals surface area contributed by atoms with Gasteiger partial charge in [0.2, 0.25) is 11.7 Å². The van der Waals surface area contributed by atoms with Gasteiger partial charge in [-0.2, -0.15) is 4.98 Å². The summed E-state index contributed by atoms with van der Waals surface area (Å²) < 4.78 is 6.37. The molecule has 2 aromatic heterocycles. The molecule has 7 heteroatoms. The van der Waals surface area contributed by atoms with E-state index in [0.717, 1.165) is 10.1 Å². The van der Waals surface area contributed by atoms with Gasteiger partial charge in [-0.15, -0.1) is 0 Å². The molecule has 124 valence electrons. The number of aromatic nitrogens is 4. The number of H-pyrrole nitrogens is 1. The molecule has 0 unspecified atom stereocenters. The van der Waals surface area contributed by atoms with Crippen LogP contribution >= 0.6 is 0 Å². The summed E-state index contributed by atoms with van der Waals surface area (Å²) in [7, 11) is 0. The normalized spacial score (nSPS) is 11.0. The molecule has 0 amide bonds. The highest BCUT2D eigenvalue weighted by molar-refractivity contribution is 5.76. The van der Waals surface area contributed by atoms with Gasteiger partial charge in [-0.1, -0.05) is 47.6 Å². The Morgan fingerprint density at radius 3 is 2.60 bits per heavy atom. The van der Waals surface area contributed by atoms with Crippen molar-refractivity contribution in [3.8, 4) is 11.4 Å². The number of aromatic amines is 1. The number of nitrogens with one attached hydrogen (secondary N) is 1. The SMILES string of the molecule is O=c1[nH]c2ccccc2c(=O)n1CCc1nc(-c2ccccc2)no1. The number of aryl methyl sites for hydroxylation is 1. The Hall–Kier alpha value is -3.48. The van der Waals surface area contributed by atoms with Crippen molar-refractivity contribution in [1.29, 1.82) is 0 Å². The van der Waals surface area contributed by atoms with Crippen molar-refractivity contribution in [1.82, 2.24) is 19.7 Å². The Balaban J connectivity index is 1.60. The molecule has 0 atom stereocenters. The Morgan fingerprint density at radius 1 is 1.00 bits per heavy atom. The molecule has 4 rings (SSSR count). The van der Waals surface area contributed by atoms with Gasteiger partial charge in [0.25, 0.3) is 5.56 Å². The van der Waals surface area contributed by atoms with E-state index in [-0.39, 0.29) is 12.1 Å². The van der Waals surface area contributed by atoms with Gasteiger partial charge in [0.15, 0.2) is 0 Å². The van der Waals surface area contributed by atoms with E-state index in [2.05, 4.69) is 15.1 Å². The lowest BCUT2D eigenvalue weighted by atomic mass is 10.2. The fourth-order valence-electron chi connectivity index (χ4n) is 2.67. The lowest BCUT2D eigenvalue weighted by Crippen LogP contribution is -2.35. The van der Waals surface area contributed by atoms with Crippen LogP contribution in [0.2, 0.25) is 0 Å². The van der Waals surface area contributed by atoms with Crippen LogP contribution in [0.15, 0.2) is 68.7 Å². The van der Waals surface area contributed by atoms with Crippen LogP contribution in [0.4, 0.5) is 0 Å². The van der Waals surface area contributed by atoms with E-state index in [1.54, 1.807) is 24.3 Å². The molecule has 0 aliphatic rings. The van der Waals surface area contributed by atoms with Crippen LogP contribution in [-0.2, 0) is 13.0 Å². The van der Waals surface area contributed by atoms with Gasteiger partial charge in [0.1, 0.15) is 0 Å². The van der Waals surface area contributed by atoms with Crippen molar-refractivity contribution in [3.63, 3.8) is 0 Å². The minimum atomic E-state index is -0.452. The minimum absolute atomic E-state index is 0.162. The van der Waals surface area contributed by atoms with Crippen molar-refractivity contribution in [2.75, 3.05) is 0 Å². The first-order valence-electron chi connectivity index (χ1n) is 7.82. The number of fused-ring (bicyclic) bond motifs is 1. The fraction of sp³-hybridized carbons (Fsp3) is 0.111. The first-order valence-corrected chi connectivity index (χ1v) is 7.82. The molecule has 4 aromatic rings. The third-order valence-electron chi connectivity index (χ3n) is 3.94. The van der Waals surface area contributed by atoms with Crippen LogP contribution in [0.5, 0.6) is 0 Å². The highest BCUT2D eigenvalue weighted by atomic mass is 16.5.